The van der Waals surface area contributed by atoms with Gasteiger partial charge in [0.1, 0.15) is 16.0 Å². The summed E-state index contributed by atoms with van der Waals surface area (Å²) in [7, 11) is 0. The van der Waals surface area contributed by atoms with E-state index in [2.05, 4.69) is 39.7 Å². The predicted molar refractivity (Wildman–Crippen MR) is 64.2 cm³/mol. The van der Waals surface area contributed by atoms with Crippen LogP contribution in [0.3, 0.4) is 0 Å². The molecule has 0 aliphatic heterocycles. The molecule has 0 aliphatic rings. The van der Waals surface area contributed by atoms with Gasteiger partial charge in [0.05, 0.1) is 0 Å². The maximum atomic E-state index is 5.69. The van der Waals surface area contributed by atoms with Crippen molar-refractivity contribution < 1.29 is 4.74 Å². The lowest BCUT2D eigenvalue weighted by atomic mass is 10.2. The summed E-state index contributed by atoms with van der Waals surface area (Å²) in [5, 5.41) is 0. The van der Waals surface area contributed by atoms with E-state index in [4.69, 9.17) is 4.74 Å². The molecule has 15 heavy (non-hydrogen) atoms. The van der Waals surface area contributed by atoms with Gasteiger partial charge >= 0.3 is 0 Å². The highest BCUT2D eigenvalue weighted by Gasteiger charge is 2.15. The lowest BCUT2D eigenvalue weighted by molar-refractivity contribution is 0.123. The minimum Gasteiger partial charge on any atom is -0.472 e. The van der Waals surface area contributed by atoms with Gasteiger partial charge in [0.15, 0.2) is 0 Å². The molecule has 0 aromatic carbocycles. The van der Waals surface area contributed by atoms with Gasteiger partial charge in [-0.15, -0.1) is 0 Å². The molecule has 1 aromatic heterocycles. The van der Waals surface area contributed by atoms with Crippen LogP contribution in [-0.2, 0) is 0 Å². The molecule has 84 valence electrons. The number of rotatable bonds is 2. The fourth-order valence-electron chi connectivity index (χ4n) is 1.04. The Morgan fingerprint density at radius 2 is 1.87 bits per heavy atom. The van der Waals surface area contributed by atoms with E-state index in [1.165, 1.54) is 0 Å². The molecular formula is C11H17BrN2O. The van der Waals surface area contributed by atoms with Crippen molar-refractivity contribution in [2.75, 3.05) is 0 Å². The first-order valence-electron chi connectivity index (χ1n) is 5.01. The third-order valence-corrected chi connectivity index (χ3v) is 2.02. The van der Waals surface area contributed by atoms with E-state index in [0.717, 1.165) is 10.4 Å². The molecule has 0 bridgehead atoms. The highest BCUT2D eigenvalue weighted by atomic mass is 79.9. The Morgan fingerprint density at radius 1 is 1.27 bits per heavy atom. The second-order valence-electron chi connectivity index (χ2n) is 4.76. The second-order valence-corrected chi connectivity index (χ2v) is 5.57. The molecule has 0 unspecified atom stereocenters. The Labute approximate surface area is 99.4 Å². The predicted octanol–water partition coefficient (Wildman–Crippen LogP) is 3.54. The molecule has 3 nitrogen and oxygen atoms in total. The third-order valence-electron chi connectivity index (χ3n) is 1.62. The zero-order valence-electron chi connectivity index (χ0n) is 9.84. The Morgan fingerprint density at radius 3 is 2.33 bits per heavy atom. The highest BCUT2D eigenvalue weighted by molar-refractivity contribution is 9.10. The minimum atomic E-state index is -0.234. The lowest BCUT2D eigenvalue weighted by Gasteiger charge is -2.20. The van der Waals surface area contributed by atoms with Gasteiger partial charge in [0.2, 0.25) is 5.88 Å². The molecule has 0 amide bonds. The van der Waals surface area contributed by atoms with Crippen LogP contribution in [0.4, 0.5) is 0 Å². The van der Waals surface area contributed by atoms with Crippen LogP contribution >= 0.6 is 15.9 Å². The molecule has 1 rings (SSSR count). The molecule has 0 N–H and O–H groups in total. The largest absolute Gasteiger partial charge is 0.472 e. The summed E-state index contributed by atoms with van der Waals surface area (Å²) in [6.07, 6.45) is 0. The summed E-state index contributed by atoms with van der Waals surface area (Å²) < 4.78 is 6.46. The first kappa shape index (κ1) is 12.4. The van der Waals surface area contributed by atoms with Crippen molar-refractivity contribution >= 4 is 15.9 Å². The number of halogens is 1. The second kappa shape index (κ2) is 4.47. The van der Waals surface area contributed by atoms with Gasteiger partial charge in [-0.1, -0.05) is 13.8 Å². The lowest BCUT2D eigenvalue weighted by Crippen LogP contribution is -2.24. The molecule has 0 fully saturated rings. The maximum Gasteiger partial charge on any atom is 0.218 e. The average molecular weight is 273 g/mol. The van der Waals surface area contributed by atoms with E-state index in [9.17, 15) is 0 Å². The SMILES string of the molecule is CC(C)c1nc(Br)cc(OC(C)(C)C)n1. The summed E-state index contributed by atoms with van der Waals surface area (Å²) in [6, 6.07) is 1.79. The number of hydrogen-bond acceptors (Lipinski definition) is 3. The highest BCUT2D eigenvalue weighted by Crippen LogP contribution is 2.21. The zero-order valence-corrected chi connectivity index (χ0v) is 11.4. The van der Waals surface area contributed by atoms with E-state index < -0.39 is 0 Å². The van der Waals surface area contributed by atoms with Crippen molar-refractivity contribution in [3.8, 4) is 5.88 Å². The van der Waals surface area contributed by atoms with Crippen LogP contribution in [0.15, 0.2) is 10.7 Å². The molecule has 0 saturated carbocycles. The topological polar surface area (TPSA) is 35.0 Å². The van der Waals surface area contributed by atoms with Crippen molar-refractivity contribution in [1.29, 1.82) is 0 Å². The molecule has 0 saturated heterocycles. The summed E-state index contributed by atoms with van der Waals surface area (Å²) in [4.78, 5) is 8.64. The number of hydrogen-bond donors (Lipinski definition) is 0. The normalized spacial score (nSPS) is 11.9. The Hall–Kier alpha value is -0.640. The fourth-order valence-corrected chi connectivity index (χ4v) is 1.42. The van der Waals surface area contributed by atoms with Gasteiger partial charge in [-0.25, -0.2) is 4.98 Å². The van der Waals surface area contributed by atoms with Crippen LogP contribution in [0.1, 0.15) is 46.4 Å². The van der Waals surface area contributed by atoms with E-state index in [0.29, 0.717) is 11.8 Å². The van der Waals surface area contributed by atoms with Crippen molar-refractivity contribution in [2.24, 2.45) is 0 Å². The molecule has 1 heterocycles. The van der Waals surface area contributed by atoms with Crippen molar-refractivity contribution in [2.45, 2.75) is 46.1 Å². The van der Waals surface area contributed by atoms with E-state index >= 15 is 0 Å². The monoisotopic (exact) mass is 272 g/mol. The fraction of sp³-hybridized carbons (Fsp3) is 0.636. The summed E-state index contributed by atoms with van der Waals surface area (Å²) >= 11 is 3.36. The number of ether oxygens (including phenoxy) is 1. The van der Waals surface area contributed by atoms with Crippen molar-refractivity contribution in [1.82, 2.24) is 9.97 Å². The van der Waals surface area contributed by atoms with Gasteiger partial charge in [-0.3, -0.25) is 0 Å². The van der Waals surface area contributed by atoms with Gasteiger partial charge in [-0.2, -0.15) is 4.98 Å². The van der Waals surface area contributed by atoms with E-state index in [-0.39, 0.29) is 5.60 Å². The smallest absolute Gasteiger partial charge is 0.218 e. The molecular weight excluding hydrogens is 256 g/mol. The first-order valence-corrected chi connectivity index (χ1v) is 5.81. The van der Waals surface area contributed by atoms with Crippen LogP contribution in [0.25, 0.3) is 0 Å². The standard InChI is InChI=1S/C11H17BrN2O/c1-7(2)10-13-8(12)6-9(14-10)15-11(3,4)5/h6-7H,1-5H3. The van der Waals surface area contributed by atoms with E-state index in [1.807, 2.05) is 20.8 Å². The average Bonchev–Trinajstić information content (AvgIpc) is 1.99. The van der Waals surface area contributed by atoms with Gasteiger partial charge < -0.3 is 4.74 Å². The molecule has 0 radical (unpaired) electrons. The quantitative estimate of drug-likeness (QED) is 0.773. The summed E-state index contributed by atoms with van der Waals surface area (Å²) in [6.45, 7) is 10.1. The summed E-state index contributed by atoms with van der Waals surface area (Å²) in [5.41, 5.74) is -0.234. The Kier molecular flexibility index (Phi) is 3.71. The molecule has 0 aliphatic carbocycles. The maximum absolute atomic E-state index is 5.69. The van der Waals surface area contributed by atoms with Crippen LogP contribution in [0, 0.1) is 0 Å². The van der Waals surface area contributed by atoms with Gasteiger partial charge in [-0.05, 0) is 36.7 Å². The van der Waals surface area contributed by atoms with Crippen LogP contribution in [0.5, 0.6) is 5.88 Å². The summed E-state index contributed by atoms with van der Waals surface area (Å²) in [5.74, 6) is 1.71. The minimum absolute atomic E-state index is 0.234. The number of nitrogens with zero attached hydrogens (tertiary/aromatic N) is 2. The van der Waals surface area contributed by atoms with Gasteiger partial charge in [0, 0.05) is 12.0 Å². The Bertz CT molecular complexity index is 345. The molecule has 4 heteroatoms. The van der Waals surface area contributed by atoms with Crippen LogP contribution < -0.4 is 4.74 Å². The van der Waals surface area contributed by atoms with Crippen molar-refractivity contribution in [3.63, 3.8) is 0 Å². The van der Waals surface area contributed by atoms with Gasteiger partial charge in [0.25, 0.3) is 0 Å². The molecule has 1 aromatic rings. The Balaban J connectivity index is 2.99. The third kappa shape index (κ3) is 4.16. The van der Waals surface area contributed by atoms with Crippen LogP contribution in [-0.4, -0.2) is 15.6 Å². The molecule has 0 spiro atoms. The van der Waals surface area contributed by atoms with Crippen molar-refractivity contribution in [3.05, 3.63) is 16.5 Å². The molecule has 0 atom stereocenters. The van der Waals surface area contributed by atoms with E-state index in [1.54, 1.807) is 6.07 Å². The first-order chi connectivity index (χ1) is 6.78. The van der Waals surface area contributed by atoms with Crippen LogP contribution in [0.2, 0.25) is 0 Å². The zero-order chi connectivity index (χ0) is 11.6. The number of aromatic nitrogens is 2.